The van der Waals surface area contributed by atoms with E-state index in [4.69, 9.17) is 0 Å². The van der Waals surface area contributed by atoms with Crippen molar-refractivity contribution in [1.82, 2.24) is 4.98 Å². The predicted octanol–water partition coefficient (Wildman–Crippen LogP) is 3.52. The van der Waals surface area contributed by atoms with Gasteiger partial charge in [0.1, 0.15) is 0 Å². The molecule has 2 heterocycles. The lowest BCUT2D eigenvalue weighted by molar-refractivity contribution is 0.201. The second-order valence-corrected chi connectivity index (χ2v) is 5.61. The van der Waals surface area contributed by atoms with Gasteiger partial charge in [-0.3, -0.25) is 0 Å². The Balaban J connectivity index is 1.81. The lowest BCUT2D eigenvalue weighted by atomic mass is 9.75. The van der Waals surface area contributed by atoms with E-state index in [1.54, 1.807) is 4.90 Å². The van der Waals surface area contributed by atoms with Gasteiger partial charge in [-0.15, -0.1) is 0 Å². The minimum Gasteiger partial charge on any atom is -0.354 e. The topological polar surface area (TPSA) is 16.1 Å². The van der Waals surface area contributed by atoms with Crippen molar-refractivity contribution in [3.8, 4) is 0 Å². The lowest BCUT2D eigenvalue weighted by Crippen LogP contribution is -2.42. The molecule has 1 aliphatic heterocycles. The summed E-state index contributed by atoms with van der Waals surface area (Å²) in [5, 5.41) is 0. The molecule has 1 saturated heterocycles. The van der Waals surface area contributed by atoms with Gasteiger partial charge in [0.15, 0.2) is 17.5 Å². The maximum atomic E-state index is 13.7. The third-order valence-electron chi connectivity index (χ3n) is 4.46. The molecule has 2 aliphatic rings. The van der Waals surface area contributed by atoms with E-state index in [1.165, 1.54) is 19.3 Å². The largest absolute Gasteiger partial charge is 0.354 e. The molecule has 5 heteroatoms. The Labute approximate surface area is 110 Å². The van der Waals surface area contributed by atoms with Crippen LogP contribution >= 0.6 is 0 Å². The number of nitrogens with zero attached hydrogens (tertiary/aromatic N) is 2. The maximum Gasteiger partial charge on any atom is 0.251 e. The Morgan fingerprint density at radius 2 is 1.74 bits per heavy atom. The quantitative estimate of drug-likeness (QED) is 0.726. The van der Waals surface area contributed by atoms with Crippen LogP contribution in [0.2, 0.25) is 0 Å². The van der Waals surface area contributed by atoms with Crippen molar-refractivity contribution >= 4 is 5.82 Å². The minimum absolute atomic E-state index is 0.0390. The van der Waals surface area contributed by atoms with Crippen LogP contribution < -0.4 is 4.90 Å². The Hall–Kier alpha value is -1.26. The number of hydrogen-bond donors (Lipinski definition) is 0. The SMILES string of the molecule is Fc1cc(F)c(N2CCC3CCCCC3C2)nc1F. The summed E-state index contributed by atoms with van der Waals surface area (Å²) in [6.45, 7) is 1.38. The molecule has 0 N–H and O–H groups in total. The van der Waals surface area contributed by atoms with Crippen molar-refractivity contribution < 1.29 is 13.2 Å². The van der Waals surface area contributed by atoms with Crippen molar-refractivity contribution in [1.29, 1.82) is 0 Å². The second-order valence-electron chi connectivity index (χ2n) is 5.61. The highest BCUT2D eigenvalue weighted by Gasteiger charge is 2.32. The Kier molecular flexibility index (Phi) is 3.37. The summed E-state index contributed by atoms with van der Waals surface area (Å²) in [4.78, 5) is 5.21. The Morgan fingerprint density at radius 1 is 1.00 bits per heavy atom. The third kappa shape index (κ3) is 2.42. The number of piperidine rings is 1. The Bertz CT molecular complexity index is 478. The van der Waals surface area contributed by atoms with Crippen molar-refractivity contribution in [3.05, 3.63) is 23.6 Å². The summed E-state index contributed by atoms with van der Waals surface area (Å²) in [7, 11) is 0. The number of pyridine rings is 1. The average Bonchev–Trinajstić information content (AvgIpc) is 2.42. The van der Waals surface area contributed by atoms with E-state index in [2.05, 4.69) is 4.98 Å². The van der Waals surface area contributed by atoms with E-state index < -0.39 is 17.6 Å². The number of hydrogen-bond acceptors (Lipinski definition) is 2. The first-order valence-electron chi connectivity index (χ1n) is 6.91. The molecule has 19 heavy (non-hydrogen) atoms. The first kappa shape index (κ1) is 12.8. The Morgan fingerprint density at radius 3 is 2.53 bits per heavy atom. The number of fused-ring (bicyclic) bond motifs is 1. The third-order valence-corrected chi connectivity index (χ3v) is 4.46. The summed E-state index contributed by atoms with van der Waals surface area (Å²) < 4.78 is 39.8. The van der Waals surface area contributed by atoms with Gasteiger partial charge in [-0.05, 0) is 24.7 Å². The van der Waals surface area contributed by atoms with Gasteiger partial charge in [-0.1, -0.05) is 19.3 Å². The molecule has 2 unspecified atom stereocenters. The van der Waals surface area contributed by atoms with Crippen LogP contribution in [0.5, 0.6) is 0 Å². The minimum atomic E-state index is -1.23. The first-order chi connectivity index (χ1) is 9.15. The number of rotatable bonds is 1. The van der Waals surface area contributed by atoms with Crippen LogP contribution in [0, 0.1) is 29.4 Å². The molecule has 0 radical (unpaired) electrons. The fraction of sp³-hybridized carbons (Fsp3) is 0.643. The van der Waals surface area contributed by atoms with Gasteiger partial charge in [-0.2, -0.15) is 9.37 Å². The highest BCUT2D eigenvalue weighted by Crippen LogP contribution is 2.37. The molecule has 2 nitrogen and oxygen atoms in total. The molecule has 0 spiro atoms. The molecule has 2 fully saturated rings. The molecule has 1 aliphatic carbocycles. The van der Waals surface area contributed by atoms with Gasteiger partial charge in [0.05, 0.1) is 0 Å². The van der Waals surface area contributed by atoms with E-state index in [1.807, 2.05) is 0 Å². The van der Waals surface area contributed by atoms with Crippen LogP contribution in [0.4, 0.5) is 19.0 Å². The molecule has 2 atom stereocenters. The van der Waals surface area contributed by atoms with Crippen LogP contribution in [0.25, 0.3) is 0 Å². The summed E-state index contributed by atoms with van der Waals surface area (Å²) in [5.41, 5.74) is 0. The average molecular weight is 270 g/mol. The van der Waals surface area contributed by atoms with Crippen LogP contribution in [0.1, 0.15) is 32.1 Å². The molecule has 1 saturated carbocycles. The molecule has 1 aromatic rings. The number of anilines is 1. The summed E-state index contributed by atoms with van der Waals surface area (Å²) in [6.07, 6.45) is 5.87. The fourth-order valence-electron chi connectivity index (χ4n) is 3.45. The van der Waals surface area contributed by atoms with Crippen molar-refractivity contribution in [2.75, 3.05) is 18.0 Å². The van der Waals surface area contributed by atoms with Crippen LogP contribution in [0.3, 0.4) is 0 Å². The van der Waals surface area contributed by atoms with Gasteiger partial charge < -0.3 is 4.90 Å². The molecule has 0 bridgehead atoms. The van der Waals surface area contributed by atoms with E-state index in [-0.39, 0.29) is 5.82 Å². The number of halogens is 3. The zero-order chi connectivity index (χ0) is 13.4. The van der Waals surface area contributed by atoms with Gasteiger partial charge in [0.25, 0.3) is 5.95 Å². The maximum absolute atomic E-state index is 13.7. The monoisotopic (exact) mass is 270 g/mol. The van der Waals surface area contributed by atoms with Crippen molar-refractivity contribution in [2.24, 2.45) is 11.8 Å². The smallest absolute Gasteiger partial charge is 0.251 e. The molecular formula is C14H17F3N2. The molecule has 3 rings (SSSR count). The normalized spacial score (nSPS) is 27.2. The van der Waals surface area contributed by atoms with Crippen LogP contribution in [0.15, 0.2) is 6.07 Å². The lowest BCUT2D eigenvalue weighted by Gasteiger charge is -2.41. The molecule has 0 aromatic carbocycles. The van der Waals surface area contributed by atoms with Gasteiger partial charge in [0.2, 0.25) is 0 Å². The summed E-state index contributed by atoms with van der Waals surface area (Å²) >= 11 is 0. The van der Waals surface area contributed by atoms with E-state index >= 15 is 0 Å². The van der Waals surface area contributed by atoms with Crippen molar-refractivity contribution in [3.63, 3.8) is 0 Å². The zero-order valence-electron chi connectivity index (χ0n) is 10.7. The second kappa shape index (κ2) is 5.02. The zero-order valence-corrected chi connectivity index (χ0v) is 10.7. The summed E-state index contributed by atoms with van der Waals surface area (Å²) in [6, 6.07) is 0.588. The highest BCUT2D eigenvalue weighted by molar-refractivity contribution is 5.40. The standard InChI is InChI=1S/C14H17F3N2/c15-11-7-12(16)14(18-13(11)17)19-6-5-9-3-1-2-4-10(9)8-19/h7,9-10H,1-6,8H2. The van der Waals surface area contributed by atoms with E-state index in [0.717, 1.165) is 12.8 Å². The van der Waals surface area contributed by atoms with Crippen LogP contribution in [-0.2, 0) is 0 Å². The van der Waals surface area contributed by atoms with E-state index in [0.29, 0.717) is 31.0 Å². The molecular weight excluding hydrogens is 253 g/mol. The van der Waals surface area contributed by atoms with Gasteiger partial charge in [-0.25, -0.2) is 8.78 Å². The van der Waals surface area contributed by atoms with Gasteiger partial charge >= 0.3 is 0 Å². The van der Waals surface area contributed by atoms with Crippen molar-refractivity contribution in [2.45, 2.75) is 32.1 Å². The fourth-order valence-corrected chi connectivity index (χ4v) is 3.45. The van der Waals surface area contributed by atoms with Gasteiger partial charge in [0, 0.05) is 19.2 Å². The predicted molar refractivity (Wildman–Crippen MR) is 66.4 cm³/mol. The molecule has 0 amide bonds. The highest BCUT2D eigenvalue weighted by atomic mass is 19.2. The molecule has 104 valence electrons. The first-order valence-corrected chi connectivity index (χ1v) is 6.91. The van der Waals surface area contributed by atoms with Crippen LogP contribution in [-0.4, -0.2) is 18.1 Å². The molecule has 1 aromatic heterocycles. The summed E-state index contributed by atoms with van der Waals surface area (Å²) in [5.74, 6) is -2.01. The number of aromatic nitrogens is 1. The van der Waals surface area contributed by atoms with E-state index in [9.17, 15) is 13.2 Å².